The molecule has 0 bridgehead atoms. The summed E-state index contributed by atoms with van der Waals surface area (Å²) in [5, 5.41) is 0. The lowest BCUT2D eigenvalue weighted by atomic mass is 9.86. The van der Waals surface area contributed by atoms with Gasteiger partial charge in [0.2, 0.25) is 0 Å². The maximum Gasteiger partial charge on any atom is 0.308 e. The van der Waals surface area contributed by atoms with Crippen LogP contribution < -0.4 is 6.15 Å². The Bertz CT molecular complexity index is 340. The van der Waals surface area contributed by atoms with E-state index in [1.54, 1.807) is 7.11 Å². The molecule has 0 saturated carbocycles. The zero-order valence-electron chi connectivity index (χ0n) is 21.1. The van der Waals surface area contributed by atoms with E-state index in [2.05, 4.69) is 13.8 Å². The van der Waals surface area contributed by atoms with Crippen LogP contribution in [0.3, 0.4) is 0 Å². The van der Waals surface area contributed by atoms with Gasteiger partial charge in [-0.15, -0.1) is 0 Å². The molecule has 0 aliphatic rings. The summed E-state index contributed by atoms with van der Waals surface area (Å²) in [6.07, 6.45) is 23.3. The SMILES string of the molecule is CCCCCCCCCCC(CCCCCCCCCC)(CC(=O)OCC)OC.N. The lowest BCUT2D eigenvalue weighted by Gasteiger charge is -2.32. The predicted molar refractivity (Wildman–Crippen MR) is 130 cm³/mol. The molecule has 0 aromatic carbocycles. The molecule has 0 aromatic rings. The van der Waals surface area contributed by atoms with Crippen LogP contribution in [-0.4, -0.2) is 25.3 Å². The minimum atomic E-state index is -0.323. The van der Waals surface area contributed by atoms with Gasteiger partial charge in [0.15, 0.2) is 0 Å². The van der Waals surface area contributed by atoms with Crippen molar-refractivity contribution in [2.45, 2.75) is 148 Å². The number of esters is 1. The summed E-state index contributed by atoms with van der Waals surface area (Å²) in [7, 11) is 1.79. The first-order valence-electron chi connectivity index (χ1n) is 12.8. The van der Waals surface area contributed by atoms with Crippen molar-refractivity contribution in [2.75, 3.05) is 13.7 Å². The third-order valence-electron chi connectivity index (χ3n) is 6.18. The first-order valence-corrected chi connectivity index (χ1v) is 12.8. The van der Waals surface area contributed by atoms with Gasteiger partial charge in [0.05, 0.1) is 18.6 Å². The van der Waals surface area contributed by atoms with Crippen LogP contribution in [0.4, 0.5) is 0 Å². The third kappa shape index (κ3) is 18.2. The third-order valence-corrected chi connectivity index (χ3v) is 6.18. The predicted octanol–water partition coefficient (Wildman–Crippen LogP) is 8.55. The number of carbonyl (C=O) groups is 1. The van der Waals surface area contributed by atoms with Crippen molar-refractivity contribution in [1.29, 1.82) is 0 Å². The zero-order valence-corrected chi connectivity index (χ0v) is 21.1. The second kappa shape index (κ2) is 23.1. The first kappa shape index (κ1) is 31.6. The number of hydrogen-bond acceptors (Lipinski definition) is 4. The minimum Gasteiger partial charge on any atom is -0.466 e. The summed E-state index contributed by atoms with van der Waals surface area (Å²) in [5.41, 5.74) is -0.323. The molecule has 182 valence electrons. The number of unbranched alkanes of at least 4 members (excludes halogenated alkanes) is 14. The summed E-state index contributed by atoms with van der Waals surface area (Å²) in [5.74, 6) is -0.103. The summed E-state index contributed by atoms with van der Waals surface area (Å²) in [4.78, 5) is 12.2. The highest BCUT2D eigenvalue weighted by molar-refractivity contribution is 5.70. The van der Waals surface area contributed by atoms with Gasteiger partial charge in [-0.3, -0.25) is 4.79 Å². The van der Waals surface area contributed by atoms with E-state index in [0.29, 0.717) is 13.0 Å². The number of methoxy groups -OCH3 is 1. The van der Waals surface area contributed by atoms with Gasteiger partial charge in [0.25, 0.3) is 0 Å². The van der Waals surface area contributed by atoms with Crippen molar-refractivity contribution in [3.63, 3.8) is 0 Å². The Morgan fingerprint density at radius 1 is 0.633 bits per heavy atom. The van der Waals surface area contributed by atoms with E-state index < -0.39 is 0 Å². The molecule has 3 N–H and O–H groups in total. The number of ether oxygens (including phenoxy) is 2. The fourth-order valence-corrected chi connectivity index (χ4v) is 4.22. The zero-order chi connectivity index (χ0) is 21.6. The fraction of sp³-hybridized carbons (Fsp3) is 0.962. The molecule has 0 atom stereocenters. The molecule has 0 fully saturated rings. The molecule has 0 aromatic heterocycles. The van der Waals surface area contributed by atoms with E-state index in [9.17, 15) is 4.79 Å². The smallest absolute Gasteiger partial charge is 0.308 e. The molecular formula is C26H55NO3. The van der Waals surface area contributed by atoms with Gasteiger partial charge in [0.1, 0.15) is 0 Å². The van der Waals surface area contributed by atoms with Crippen LogP contribution in [0.15, 0.2) is 0 Å². The van der Waals surface area contributed by atoms with Crippen molar-refractivity contribution in [1.82, 2.24) is 6.15 Å². The van der Waals surface area contributed by atoms with Crippen LogP contribution in [-0.2, 0) is 14.3 Å². The highest BCUT2D eigenvalue weighted by Crippen LogP contribution is 2.30. The van der Waals surface area contributed by atoms with Crippen molar-refractivity contribution < 1.29 is 14.3 Å². The van der Waals surface area contributed by atoms with E-state index in [1.165, 1.54) is 89.9 Å². The molecule has 4 heteroatoms. The van der Waals surface area contributed by atoms with Gasteiger partial charge >= 0.3 is 5.97 Å². The summed E-state index contributed by atoms with van der Waals surface area (Å²) < 4.78 is 11.2. The number of carbonyl (C=O) groups excluding carboxylic acids is 1. The topological polar surface area (TPSA) is 70.5 Å². The van der Waals surface area contributed by atoms with Gasteiger partial charge in [0, 0.05) is 7.11 Å². The Morgan fingerprint density at radius 3 is 1.33 bits per heavy atom. The molecule has 0 spiro atoms. The quantitative estimate of drug-likeness (QED) is 0.138. The molecule has 30 heavy (non-hydrogen) atoms. The largest absolute Gasteiger partial charge is 0.466 e. The molecule has 0 amide bonds. The minimum absolute atomic E-state index is 0. The molecule has 0 unspecified atom stereocenters. The summed E-state index contributed by atoms with van der Waals surface area (Å²) in [6, 6.07) is 0. The average molecular weight is 430 g/mol. The van der Waals surface area contributed by atoms with Gasteiger partial charge in [-0.1, -0.05) is 117 Å². The molecular weight excluding hydrogens is 374 g/mol. The number of rotatable bonds is 22. The maximum absolute atomic E-state index is 12.2. The van der Waals surface area contributed by atoms with Gasteiger partial charge < -0.3 is 15.6 Å². The fourth-order valence-electron chi connectivity index (χ4n) is 4.22. The van der Waals surface area contributed by atoms with E-state index in [1.807, 2.05) is 6.92 Å². The highest BCUT2D eigenvalue weighted by atomic mass is 16.5. The Morgan fingerprint density at radius 2 is 1.00 bits per heavy atom. The van der Waals surface area contributed by atoms with Crippen LogP contribution in [0, 0.1) is 0 Å². The summed E-state index contributed by atoms with van der Waals surface area (Å²) >= 11 is 0. The van der Waals surface area contributed by atoms with Gasteiger partial charge in [-0.05, 0) is 19.8 Å². The molecule has 0 saturated heterocycles. The summed E-state index contributed by atoms with van der Waals surface area (Å²) in [6.45, 7) is 6.86. The van der Waals surface area contributed by atoms with Crippen LogP contribution >= 0.6 is 0 Å². The van der Waals surface area contributed by atoms with E-state index in [4.69, 9.17) is 9.47 Å². The Hall–Kier alpha value is -0.610. The molecule has 0 radical (unpaired) electrons. The molecule has 0 aliphatic carbocycles. The van der Waals surface area contributed by atoms with Gasteiger partial charge in [-0.25, -0.2) is 0 Å². The molecule has 4 nitrogen and oxygen atoms in total. The lowest BCUT2D eigenvalue weighted by molar-refractivity contribution is -0.151. The van der Waals surface area contributed by atoms with Crippen LogP contribution in [0.5, 0.6) is 0 Å². The standard InChI is InChI=1S/C26H52O3.H3N/c1-5-8-10-12-14-16-18-20-22-26(28-4,24-25(27)29-7-3)23-21-19-17-15-13-11-9-6-2;/h5-24H2,1-4H3;1H3. The maximum atomic E-state index is 12.2. The average Bonchev–Trinajstić information content (AvgIpc) is 2.71. The Kier molecular flexibility index (Phi) is 24.3. The van der Waals surface area contributed by atoms with E-state index in [0.717, 1.165) is 25.7 Å². The highest BCUT2D eigenvalue weighted by Gasteiger charge is 2.32. The second-order valence-corrected chi connectivity index (χ2v) is 8.82. The van der Waals surface area contributed by atoms with Crippen molar-refractivity contribution in [3.05, 3.63) is 0 Å². The molecule has 0 aliphatic heterocycles. The van der Waals surface area contributed by atoms with E-state index in [-0.39, 0.29) is 17.7 Å². The Labute approximate surface area is 188 Å². The normalized spacial score (nSPS) is 11.3. The number of hydrogen-bond donors (Lipinski definition) is 1. The van der Waals surface area contributed by atoms with Gasteiger partial charge in [-0.2, -0.15) is 0 Å². The van der Waals surface area contributed by atoms with E-state index >= 15 is 0 Å². The lowest BCUT2D eigenvalue weighted by Crippen LogP contribution is -2.35. The van der Waals surface area contributed by atoms with Crippen molar-refractivity contribution in [2.24, 2.45) is 0 Å². The van der Waals surface area contributed by atoms with Crippen LogP contribution in [0.1, 0.15) is 143 Å². The second-order valence-electron chi connectivity index (χ2n) is 8.82. The van der Waals surface area contributed by atoms with Crippen molar-refractivity contribution in [3.8, 4) is 0 Å². The van der Waals surface area contributed by atoms with Crippen LogP contribution in [0.2, 0.25) is 0 Å². The van der Waals surface area contributed by atoms with Crippen molar-refractivity contribution >= 4 is 5.97 Å². The molecule has 0 rings (SSSR count). The monoisotopic (exact) mass is 429 g/mol. The molecule has 0 heterocycles. The Balaban J connectivity index is 0. The van der Waals surface area contributed by atoms with Crippen LogP contribution in [0.25, 0.3) is 0 Å². The first-order chi connectivity index (χ1) is 14.1.